The van der Waals surface area contributed by atoms with E-state index >= 15 is 0 Å². The maximum absolute atomic E-state index is 12.6. The van der Waals surface area contributed by atoms with Gasteiger partial charge in [0.15, 0.2) is 0 Å². The van der Waals surface area contributed by atoms with Gasteiger partial charge in [0.05, 0.1) is 12.2 Å². The molecule has 1 aliphatic heterocycles. The zero-order valence-electron chi connectivity index (χ0n) is 13.3. The number of aliphatic hydroxyl groups is 1. The molecule has 0 saturated heterocycles. The Bertz CT molecular complexity index is 702. The Morgan fingerprint density at radius 2 is 2.04 bits per heavy atom. The molecule has 1 aliphatic rings. The first kappa shape index (κ1) is 15.5. The summed E-state index contributed by atoms with van der Waals surface area (Å²) in [6, 6.07) is 12.0. The van der Waals surface area contributed by atoms with Gasteiger partial charge in [-0.05, 0) is 29.7 Å². The van der Waals surface area contributed by atoms with Gasteiger partial charge < -0.3 is 14.9 Å². The van der Waals surface area contributed by atoms with Crippen molar-refractivity contribution in [1.29, 1.82) is 0 Å². The molecule has 0 fully saturated rings. The number of amides is 1. The summed E-state index contributed by atoms with van der Waals surface area (Å²) in [7, 11) is 1.70. The predicted molar refractivity (Wildman–Crippen MR) is 89.5 cm³/mol. The lowest BCUT2D eigenvalue weighted by Gasteiger charge is -2.31. The van der Waals surface area contributed by atoms with Gasteiger partial charge in [-0.15, -0.1) is 0 Å². The molecule has 0 atom stereocenters. The minimum atomic E-state index is -0.110. The molecule has 0 bridgehead atoms. The van der Waals surface area contributed by atoms with Gasteiger partial charge in [-0.3, -0.25) is 4.79 Å². The van der Waals surface area contributed by atoms with Crippen molar-refractivity contribution in [1.82, 2.24) is 9.88 Å². The summed E-state index contributed by atoms with van der Waals surface area (Å²) in [5, 5.41) is 9.04. The van der Waals surface area contributed by atoms with E-state index in [1.54, 1.807) is 25.4 Å². The summed E-state index contributed by atoms with van der Waals surface area (Å²) in [6.07, 6.45) is 2.67. The SMILES string of the molecule is CN(CCO)C(=O)c1cccnc1N1CCc2ccccc2C1. The zero-order valence-corrected chi connectivity index (χ0v) is 13.3. The van der Waals surface area contributed by atoms with Crippen molar-refractivity contribution in [3.63, 3.8) is 0 Å². The summed E-state index contributed by atoms with van der Waals surface area (Å²) in [5.41, 5.74) is 3.24. The smallest absolute Gasteiger partial charge is 0.257 e. The second kappa shape index (κ2) is 6.79. The predicted octanol–water partition coefficient (Wildman–Crippen LogP) is 1.71. The quantitative estimate of drug-likeness (QED) is 0.934. The molecular weight excluding hydrogens is 290 g/mol. The summed E-state index contributed by atoms with van der Waals surface area (Å²) < 4.78 is 0. The van der Waals surface area contributed by atoms with Gasteiger partial charge in [0.25, 0.3) is 5.91 Å². The molecule has 1 aromatic carbocycles. The van der Waals surface area contributed by atoms with E-state index < -0.39 is 0 Å². The molecule has 0 aliphatic carbocycles. The Labute approximate surface area is 136 Å². The second-order valence-corrected chi connectivity index (χ2v) is 5.77. The molecule has 0 unspecified atom stereocenters. The van der Waals surface area contributed by atoms with Gasteiger partial charge in [-0.25, -0.2) is 4.98 Å². The molecule has 0 saturated carbocycles. The highest BCUT2D eigenvalue weighted by Crippen LogP contribution is 2.26. The van der Waals surface area contributed by atoms with E-state index in [1.165, 1.54) is 16.0 Å². The molecule has 3 rings (SSSR count). The Hall–Kier alpha value is -2.40. The van der Waals surface area contributed by atoms with Crippen LogP contribution in [0.1, 0.15) is 21.5 Å². The van der Waals surface area contributed by atoms with Gasteiger partial charge in [0.2, 0.25) is 0 Å². The topological polar surface area (TPSA) is 56.7 Å². The Morgan fingerprint density at radius 3 is 2.83 bits per heavy atom. The third-order valence-electron chi connectivity index (χ3n) is 4.23. The first-order chi connectivity index (χ1) is 11.2. The largest absolute Gasteiger partial charge is 0.395 e. The number of carbonyl (C=O) groups is 1. The van der Waals surface area contributed by atoms with E-state index in [2.05, 4.69) is 28.1 Å². The molecule has 5 heteroatoms. The first-order valence-electron chi connectivity index (χ1n) is 7.84. The van der Waals surface area contributed by atoms with Crippen molar-refractivity contribution in [2.45, 2.75) is 13.0 Å². The lowest BCUT2D eigenvalue weighted by molar-refractivity contribution is 0.0767. The number of carbonyl (C=O) groups excluding carboxylic acids is 1. The molecule has 1 aromatic heterocycles. The van der Waals surface area contributed by atoms with Gasteiger partial charge >= 0.3 is 0 Å². The number of benzene rings is 1. The number of aliphatic hydroxyl groups excluding tert-OH is 1. The lowest BCUT2D eigenvalue weighted by atomic mass is 9.99. The van der Waals surface area contributed by atoms with Crippen molar-refractivity contribution in [2.24, 2.45) is 0 Å². The van der Waals surface area contributed by atoms with Crippen molar-refractivity contribution >= 4 is 11.7 Å². The van der Waals surface area contributed by atoms with Crippen LogP contribution < -0.4 is 4.90 Å². The van der Waals surface area contributed by atoms with Crippen LogP contribution in [0.15, 0.2) is 42.6 Å². The number of pyridine rings is 1. The number of hydrogen-bond acceptors (Lipinski definition) is 4. The highest BCUT2D eigenvalue weighted by atomic mass is 16.3. The Kier molecular flexibility index (Phi) is 4.57. The molecule has 0 spiro atoms. The maximum Gasteiger partial charge on any atom is 0.257 e. The minimum Gasteiger partial charge on any atom is -0.395 e. The molecule has 1 N–H and O–H groups in total. The van der Waals surface area contributed by atoms with Crippen LogP contribution in [0.25, 0.3) is 0 Å². The second-order valence-electron chi connectivity index (χ2n) is 5.77. The molecule has 5 nitrogen and oxygen atoms in total. The number of fused-ring (bicyclic) bond motifs is 1. The summed E-state index contributed by atoms with van der Waals surface area (Å²) in [4.78, 5) is 20.7. The molecule has 120 valence electrons. The monoisotopic (exact) mass is 311 g/mol. The van der Waals surface area contributed by atoms with Gasteiger partial charge in [0, 0.05) is 32.9 Å². The standard InChI is InChI=1S/C18H21N3O2/c1-20(11-12-22)18(23)16-7-4-9-19-17(16)21-10-8-14-5-2-3-6-15(14)13-21/h2-7,9,22H,8,10-13H2,1H3. The summed E-state index contributed by atoms with van der Waals surface area (Å²) >= 11 is 0. The Morgan fingerprint density at radius 1 is 1.26 bits per heavy atom. The fraction of sp³-hybridized carbons (Fsp3) is 0.333. The fourth-order valence-corrected chi connectivity index (χ4v) is 2.95. The number of aromatic nitrogens is 1. The van der Waals surface area contributed by atoms with Crippen LogP contribution in [0.5, 0.6) is 0 Å². The van der Waals surface area contributed by atoms with Crippen molar-refractivity contribution < 1.29 is 9.90 Å². The summed E-state index contributed by atoms with van der Waals surface area (Å²) in [5.74, 6) is 0.609. The van der Waals surface area contributed by atoms with E-state index in [1.807, 2.05) is 6.07 Å². The van der Waals surface area contributed by atoms with E-state index in [9.17, 15) is 4.79 Å². The maximum atomic E-state index is 12.6. The third-order valence-corrected chi connectivity index (χ3v) is 4.23. The first-order valence-corrected chi connectivity index (χ1v) is 7.84. The van der Waals surface area contributed by atoms with Crippen LogP contribution in [0.2, 0.25) is 0 Å². The van der Waals surface area contributed by atoms with Crippen LogP contribution in [-0.2, 0) is 13.0 Å². The normalized spacial score (nSPS) is 13.6. The van der Waals surface area contributed by atoms with Crippen molar-refractivity contribution in [2.75, 3.05) is 31.6 Å². The lowest BCUT2D eigenvalue weighted by Crippen LogP contribution is -2.35. The molecule has 2 aromatic rings. The number of rotatable bonds is 4. The van der Waals surface area contributed by atoms with Crippen LogP contribution in [-0.4, -0.2) is 47.6 Å². The number of hydrogen-bond donors (Lipinski definition) is 1. The number of nitrogens with zero attached hydrogens (tertiary/aromatic N) is 3. The molecule has 0 radical (unpaired) electrons. The van der Waals surface area contributed by atoms with Crippen LogP contribution in [0.3, 0.4) is 0 Å². The molecule has 23 heavy (non-hydrogen) atoms. The van der Waals surface area contributed by atoms with E-state index in [0.29, 0.717) is 12.1 Å². The van der Waals surface area contributed by atoms with E-state index in [-0.39, 0.29) is 12.5 Å². The van der Waals surface area contributed by atoms with Gasteiger partial charge in [-0.1, -0.05) is 24.3 Å². The summed E-state index contributed by atoms with van der Waals surface area (Å²) in [6.45, 7) is 1.88. The zero-order chi connectivity index (χ0) is 16.2. The Balaban J connectivity index is 1.88. The third kappa shape index (κ3) is 3.19. The van der Waals surface area contributed by atoms with Crippen LogP contribution in [0.4, 0.5) is 5.82 Å². The van der Waals surface area contributed by atoms with Crippen molar-refractivity contribution in [3.05, 3.63) is 59.3 Å². The molecule has 2 heterocycles. The minimum absolute atomic E-state index is 0.0467. The van der Waals surface area contributed by atoms with Crippen molar-refractivity contribution in [3.8, 4) is 0 Å². The average molecular weight is 311 g/mol. The van der Waals surface area contributed by atoms with Gasteiger partial charge in [0.1, 0.15) is 5.82 Å². The average Bonchev–Trinajstić information content (AvgIpc) is 2.61. The highest BCUT2D eigenvalue weighted by Gasteiger charge is 2.23. The molecule has 1 amide bonds. The fourth-order valence-electron chi connectivity index (χ4n) is 2.95. The van der Waals surface area contributed by atoms with E-state index in [0.717, 1.165) is 25.3 Å². The molecular formula is C18H21N3O2. The van der Waals surface area contributed by atoms with E-state index in [4.69, 9.17) is 5.11 Å². The highest BCUT2D eigenvalue weighted by molar-refractivity contribution is 5.98. The van der Waals surface area contributed by atoms with Crippen LogP contribution in [0, 0.1) is 0 Å². The number of likely N-dealkylation sites (N-methyl/N-ethyl adjacent to an activating group) is 1. The van der Waals surface area contributed by atoms with Crippen LogP contribution >= 0.6 is 0 Å². The van der Waals surface area contributed by atoms with Gasteiger partial charge in [-0.2, -0.15) is 0 Å². The number of anilines is 1.